The van der Waals surface area contributed by atoms with E-state index in [1.165, 1.54) is 12.1 Å². The molecule has 0 radical (unpaired) electrons. The fraction of sp³-hybridized carbons (Fsp3) is 0.462. The molecule has 1 saturated carbocycles. The molecule has 1 aliphatic carbocycles. The predicted molar refractivity (Wildman–Crippen MR) is 65.6 cm³/mol. The van der Waals surface area contributed by atoms with E-state index in [1.54, 1.807) is 0 Å². The van der Waals surface area contributed by atoms with E-state index in [-0.39, 0.29) is 11.6 Å². The zero-order chi connectivity index (χ0) is 14.0. The number of amides is 1. The van der Waals surface area contributed by atoms with E-state index in [1.807, 2.05) is 0 Å². The molecule has 3 nitrogen and oxygen atoms in total. The summed E-state index contributed by atoms with van der Waals surface area (Å²) in [5.74, 6) is -0.532. The number of carbonyl (C=O) groups excluding carboxylic acids is 1. The van der Waals surface area contributed by atoms with E-state index in [2.05, 4.69) is 5.32 Å². The summed E-state index contributed by atoms with van der Waals surface area (Å²) in [5, 5.41) is 2.73. The molecule has 6 heteroatoms. The van der Waals surface area contributed by atoms with Gasteiger partial charge in [-0.2, -0.15) is 13.2 Å². The number of benzene rings is 1. The van der Waals surface area contributed by atoms with Crippen molar-refractivity contribution in [3.63, 3.8) is 0 Å². The van der Waals surface area contributed by atoms with Crippen LogP contribution in [0.4, 0.5) is 18.9 Å². The monoisotopic (exact) mass is 272 g/mol. The number of nitrogen functional groups attached to an aromatic ring is 1. The first-order chi connectivity index (χ1) is 8.89. The Hall–Kier alpha value is -1.72. The van der Waals surface area contributed by atoms with Crippen LogP contribution in [0.25, 0.3) is 0 Å². The maximum absolute atomic E-state index is 12.7. The molecule has 0 heterocycles. The van der Waals surface area contributed by atoms with Gasteiger partial charge in [0.25, 0.3) is 5.91 Å². The Bertz CT molecular complexity index is 479. The van der Waals surface area contributed by atoms with Crippen molar-refractivity contribution in [2.24, 2.45) is 0 Å². The van der Waals surface area contributed by atoms with Gasteiger partial charge in [-0.3, -0.25) is 4.79 Å². The second kappa shape index (κ2) is 5.11. The summed E-state index contributed by atoms with van der Waals surface area (Å²) in [5.41, 5.74) is 3.88. The number of rotatable bonds is 2. The maximum Gasteiger partial charge on any atom is 0.418 e. The number of anilines is 1. The second-order valence-electron chi connectivity index (χ2n) is 4.72. The number of nitrogens with one attached hydrogen (secondary N) is 1. The lowest BCUT2D eigenvalue weighted by Gasteiger charge is -2.16. The van der Waals surface area contributed by atoms with E-state index in [4.69, 9.17) is 5.73 Å². The molecular formula is C13H15F3N2O. The van der Waals surface area contributed by atoms with Gasteiger partial charge in [0.1, 0.15) is 0 Å². The standard InChI is InChI=1S/C13H15F3N2O/c14-13(15,16)10-7-3-6-9(11(10)17)12(19)18-8-4-1-2-5-8/h3,6-8H,1-2,4-5,17H2,(H,18,19). The summed E-state index contributed by atoms with van der Waals surface area (Å²) in [6.07, 6.45) is -0.755. The number of hydrogen-bond acceptors (Lipinski definition) is 2. The first-order valence-corrected chi connectivity index (χ1v) is 6.16. The molecule has 0 spiro atoms. The van der Waals surface area contributed by atoms with Crippen LogP contribution in [0, 0.1) is 0 Å². The van der Waals surface area contributed by atoms with Gasteiger partial charge in [-0.05, 0) is 25.0 Å². The molecule has 0 aromatic heterocycles. The Morgan fingerprint density at radius 3 is 2.47 bits per heavy atom. The fourth-order valence-corrected chi connectivity index (χ4v) is 2.34. The lowest BCUT2D eigenvalue weighted by molar-refractivity contribution is -0.136. The normalized spacial score (nSPS) is 16.6. The molecule has 1 fully saturated rings. The van der Waals surface area contributed by atoms with Gasteiger partial charge in [0.2, 0.25) is 0 Å². The third kappa shape index (κ3) is 3.00. The van der Waals surface area contributed by atoms with Crippen LogP contribution in [0.3, 0.4) is 0 Å². The van der Waals surface area contributed by atoms with Crippen molar-refractivity contribution in [2.45, 2.75) is 37.9 Å². The van der Waals surface area contributed by atoms with Crippen molar-refractivity contribution in [1.29, 1.82) is 0 Å². The summed E-state index contributed by atoms with van der Waals surface area (Å²) >= 11 is 0. The average molecular weight is 272 g/mol. The molecule has 1 aromatic carbocycles. The summed E-state index contributed by atoms with van der Waals surface area (Å²) in [6, 6.07) is 3.43. The van der Waals surface area contributed by atoms with Gasteiger partial charge in [-0.25, -0.2) is 0 Å². The number of hydrogen-bond donors (Lipinski definition) is 2. The van der Waals surface area contributed by atoms with Gasteiger partial charge in [0, 0.05) is 6.04 Å². The van der Waals surface area contributed by atoms with Gasteiger partial charge < -0.3 is 11.1 Å². The first-order valence-electron chi connectivity index (χ1n) is 6.16. The minimum atomic E-state index is -4.55. The van der Waals surface area contributed by atoms with Gasteiger partial charge in [-0.1, -0.05) is 18.9 Å². The number of carbonyl (C=O) groups is 1. The highest BCUT2D eigenvalue weighted by atomic mass is 19.4. The molecule has 1 aromatic rings. The Labute approximate surface area is 109 Å². The molecule has 0 atom stereocenters. The van der Waals surface area contributed by atoms with Crippen molar-refractivity contribution < 1.29 is 18.0 Å². The summed E-state index contributed by atoms with van der Waals surface area (Å²) in [6.45, 7) is 0. The Balaban J connectivity index is 2.22. The number of halogens is 3. The Morgan fingerprint density at radius 2 is 1.89 bits per heavy atom. The van der Waals surface area contributed by atoms with Crippen molar-refractivity contribution in [1.82, 2.24) is 5.32 Å². The molecule has 1 amide bonds. The van der Waals surface area contributed by atoms with Crippen LogP contribution in [0.15, 0.2) is 18.2 Å². The molecule has 0 saturated heterocycles. The summed E-state index contributed by atoms with van der Waals surface area (Å²) < 4.78 is 38.1. The summed E-state index contributed by atoms with van der Waals surface area (Å²) in [4.78, 5) is 11.9. The van der Waals surface area contributed by atoms with Crippen LogP contribution in [0.1, 0.15) is 41.6 Å². The lowest BCUT2D eigenvalue weighted by atomic mass is 10.1. The largest absolute Gasteiger partial charge is 0.418 e. The molecule has 0 aliphatic heterocycles. The van der Waals surface area contributed by atoms with E-state index < -0.39 is 23.3 Å². The van der Waals surface area contributed by atoms with Gasteiger partial charge in [0.05, 0.1) is 16.8 Å². The van der Waals surface area contributed by atoms with Crippen LogP contribution < -0.4 is 11.1 Å². The van der Waals surface area contributed by atoms with E-state index in [9.17, 15) is 18.0 Å². The lowest BCUT2D eigenvalue weighted by Crippen LogP contribution is -2.33. The van der Waals surface area contributed by atoms with Crippen molar-refractivity contribution in [3.8, 4) is 0 Å². The second-order valence-corrected chi connectivity index (χ2v) is 4.72. The quantitative estimate of drug-likeness (QED) is 0.813. The number of alkyl halides is 3. The molecule has 3 N–H and O–H groups in total. The van der Waals surface area contributed by atoms with Crippen molar-refractivity contribution in [3.05, 3.63) is 29.3 Å². The Morgan fingerprint density at radius 1 is 1.26 bits per heavy atom. The molecule has 19 heavy (non-hydrogen) atoms. The molecule has 0 bridgehead atoms. The predicted octanol–water partition coefficient (Wildman–Crippen LogP) is 2.96. The zero-order valence-corrected chi connectivity index (χ0v) is 10.3. The zero-order valence-electron chi connectivity index (χ0n) is 10.3. The first kappa shape index (κ1) is 13.7. The topological polar surface area (TPSA) is 55.1 Å². The number of nitrogens with two attached hydrogens (primary N) is 1. The molecule has 1 aliphatic rings. The fourth-order valence-electron chi connectivity index (χ4n) is 2.34. The smallest absolute Gasteiger partial charge is 0.398 e. The van der Waals surface area contributed by atoms with Crippen LogP contribution in [-0.2, 0) is 6.18 Å². The van der Waals surface area contributed by atoms with Crippen LogP contribution >= 0.6 is 0 Å². The van der Waals surface area contributed by atoms with Crippen molar-refractivity contribution >= 4 is 11.6 Å². The average Bonchev–Trinajstić information content (AvgIpc) is 2.80. The van der Waals surface area contributed by atoms with E-state index >= 15 is 0 Å². The van der Waals surface area contributed by atoms with Gasteiger partial charge in [0.15, 0.2) is 0 Å². The van der Waals surface area contributed by atoms with Crippen LogP contribution in [-0.4, -0.2) is 11.9 Å². The van der Waals surface area contributed by atoms with Gasteiger partial charge in [-0.15, -0.1) is 0 Å². The molecule has 0 unspecified atom stereocenters. The SMILES string of the molecule is Nc1c(C(=O)NC2CCCC2)cccc1C(F)(F)F. The van der Waals surface area contributed by atoms with Gasteiger partial charge >= 0.3 is 6.18 Å². The minimum Gasteiger partial charge on any atom is -0.398 e. The highest BCUT2D eigenvalue weighted by Gasteiger charge is 2.34. The van der Waals surface area contributed by atoms with Crippen LogP contribution in [0.2, 0.25) is 0 Å². The maximum atomic E-state index is 12.7. The Kier molecular flexibility index (Phi) is 3.68. The third-order valence-corrected chi connectivity index (χ3v) is 3.35. The molecule has 104 valence electrons. The third-order valence-electron chi connectivity index (χ3n) is 3.35. The highest BCUT2D eigenvalue weighted by Crippen LogP contribution is 2.35. The molecular weight excluding hydrogens is 257 g/mol. The van der Waals surface area contributed by atoms with E-state index in [0.717, 1.165) is 31.7 Å². The highest BCUT2D eigenvalue weighted by molar-refractivity contribution is 6.00. The van der Waals surface area contributed by atoms with E-state index in [0.29, 0.717) is 0 Å². The minimum absolute atomic E-state index is 0.0430. The summed E-state index contributed by atoms with van der Waals surface area (Å²) in [7, 11) is 0. The van der Waals surface area contributed by atoms with Crippen LogP contribution in [0.5, 0.6) is 0 Å². The molecule has 2 rings (SSSR count). The van der Waals surface area contributed by atoms with Crippen molar-refractivity contribution in [2.75, 3.05) is 5.73 Å². The number of para-hydroxylation sites is 1.